The van der Waals surface area contributed by atoms with Crippen LogP contribution in [0.3, 0.4) is 0 Å². The first-order valence-corrected chi connectivity index (χ1v) is 13.3. The van der Waals surface area contributed by atoms with Gasteiger partial charge in [0.05, 0.1) is 11.1 Å². The van der Waals surface area contributed by atoms with Crippen LogP contribution < -0.4 is 5.32 Å². The van der Waals surface area contributed by atoms with Crippen LogP contribution in [0.4, 0.5) is 26.3 Å². The number of rotatable bonds is 6. The molecule has 1 fully saturated rings. The third-order valence-corrected chi connectivity index (χ3v) is 7.65. The Kier molecular flexibility index (Phi) is 8.55. The molecular weight excluding hydrogens is 554 g/mol. The van der Waals surface area contributed by atoms with Gasteiger partial charge in [-0.05, 0) is 60.2 Å². The van der Waals surface area contributed by atoms with Crippen LogP contribution in [0.15, 0.2) is 59.5 Å². The van der Waals surface area contributed by atoms with E-state index in [1.165, 1.54) is 6.07 Å². The molecule has 4 nitrogen and oxygen atoms in total. The van der Waals surface area contributed by atoms with Gasteiger partial charge in [0.1, 0.15) is 0 Å². The summed E-state index contributed by atoms with van der Waals surface area (Å²) in [6, 6.07) is 9.42. The van der Waals surface area contributed by atoms with Gasteiger partial charge in [0.2, 0.25) is 0 Å². The average Bonchev–Trinajstić information content (AvgIpc) is 3.43. The van der Waals surface area contributed by atoms with Crippen LogP contribution in [0.5, 0.6) is 0 Å². The summed E-state index contributed by atoms with van der Waals surface area (Å²) in [4.78, 5) is 29.7. The number of halogens is 6. The summed E-state index contributed by atoms with van der Waals surface area (Å²) in [7, 11) is 0. The highest BCUT2D eigenvalue weighted by molar-refractivity contribution is 7.11. The second-order valence-corrected chi connectivity index (χ2v) is 10.5. The summed E-state index contributed by atoms with van der Waals surface area (Å²) in [6.07, 6.45) is -10.3. The van der Waals surface area contributed by atoms with Gasteiger partial charge in [-0.2, -0.15) is 26.3 Å². The van der Waals surface area contributed by atoms with Gasteiger partial charge in [-0.25, -0.2) is 0 Å². The van der Waals surface area contributed by atoms with Crippen LogP contribution in [0.1, 0.15) is 43.1 Å². The zero-order chi connectivity index (χ0) is 29.2. The molecule has 3 aromatic rings. The first kappa shape index (κ1) is 29.5. The minimum Gasteiger partial charge on any atom is -0.336 e. The molecule has 1 amide bonds. The second-order valence-electron chi connectivity index (χ2n) is 9.59. The van der Waals surface area contributed by atoms with Crippen LogP contribution in [0, 0.1) is 13.8 Å². The number of aryl methyl sites for hydroxylation is 2. The largest absolute Gasteiger partial charge is 0.416 e. The number of nitrogens with one attached hydrogen (secondary N) is 1. The van der Waals surface area contributed by atoms with E-state index in [0.29, 0.717) is 43.9 Å². The lowest BCUT2D eigenvalue weighted by Gasteiger charge is -2.29. The van der Waals surface area contributed by atoms with Gasteiger partial charge in [0.15, 0.2) is 5.78 Å². The van der Waals surface area contributed by atoms with Crippen molar-refractivity contribution in [2.45, 2.75) is 32.6 Å². The van der Waals surface area contributed by atoms with Crippen molar-refractivity contribution in [2.75, 3.05) is 26.2 Å². The first-order valence-electron chi connectivity index (χ1n) is 12.4. The highest BCUT2D eigenvalue weighted by Gasteiger charge is 2.38. The molecule has 2 aromatic carbocycles. The Morgan fingerprint density at radius 3 is 2.02 bits per heavy atom. The molecule has 1 saturated heterocycles. The van der Waals surface area contributed by atoms with Gasteiger partial charge in [-0.3, -0.25) is 9.59 Å². The summed E-state index contributed by atoms with van der Waals surface area (Å²) in [6.45, 7) is 5.48. The first-order chi connectivity index (χ1) is 18.8. The molecule has 4 rings (SSSR count). The topological polar surface area (TPSA) is 49.4 Å². The van der Waals surface area contributed by atoms with Gasteiger partial charge >= 0.3 is 12.4 Å². The molecule has 2 heterocycles. The molecular formula is C29H26F6N2O2S. The molecule has 0 atom stereocenters. The van der Waals surface area contributed by atoms with Crippen LogP contribution >= 0.6 is 11.3 Å². The number of carbonyl (C=O) groups is 2. The number of hydrogen-bond donors (Lipinski definition) is 1. The van der Waals surface area contributed by atoms with Crippen LogP contribution in [-0.4, -0.2) is 42.8 Å². The monoisotopic (exact) mass is 580 g/mol. The van der Waals surface area contributed by atoms with E-state index >= 15 is 0 Å². The van der Waals surface area contributed by atoms with Crippen LogP contribution in [0.2, 0.25) is 0 Å². The van der Waals surface area contributed by atoms with Crippen LogP contribution in [-0.2, 0) is 23.6 Å². The minimum absolute atomic E-state index is 0.0172. The number of nitrogens with zero attached hydrogens (tertiary/aromatic N) is 1. The lowest BCUT2D eigenvalue weighted by molar-refractivity contribution is -0.143. The van der Waals surface area contributed by atoms with Crippen molar-refractivity contribution in [2.24, 2.45) is 0 Å². The molecule has 1 aliphatic heterocycles. The average molecular weight is 581 g/mol. The molecule has 40 heavy (non-hydrogen) atoms. The molecule has 11 heteroatoms. The van der Waals surface area contributed by atoms with E-state index in [-0.39, 0.29) is 28.5 Å². The van der Waals surface area contributed by atoms with Gasteiger partial charge in [0, 0.05) is 54.2 Å². The number of hydrogen-bond acceptors (Lipinski definition) is 4. The fourth-order valence-corrected chi connectivity index (χ4v) is 5.29. The van der Waals surface area contributed by atoms with E-state index in [1.807, 2.05) is 26.0 Å². The smallest absolute Gasteiger partial charge is 0.336 e. The molecule has 0 bridgehead atoms. The van der Waals surface area contributed by atoms with Crippen molar-refractivity contribution in [1.29, 1.82) is 0 Å². The van der Waals surface area contributed by atoms with Crippen LogP contribution in [0.25, 0.3) is 5.57 Å². The van der Waals surface area contributed by atoms with E-state index in [9.17, 15) is 35.9 Å². The van der Waals surface area contributed by atoms with Crippen molar-refractivity contribution in [3.05, 3.63) is 97.7 Å². The number of allylic oxidation sites excluding steroid dienone is 1. The molecule has 0 saturated carbocycles. The van der Waals surface area contributed by atoms with Gasteiger partial charge < -0.3 is 10.2 Å². The standard InChI is InChI=1S/C29H26F6N2O2S/c1-17-5-6-19(12-18(17)2)13-23(27(39)37-9-7-36-8-10-37)25(24-4-3-11-40-24)26(38)20-14-21(28(30,31)32)16-22(15-20)29(33,34)35/h3-6,11-12,14-16,36H,7-10,13H2,1-2H3. The zero-order valence-corrected chi connectivity index (χ0v) is 22.5. The zero-order valence-electron chi connectivity index (χ0n) is 21.7. The van der Waals surface area contributed by atoms with E-state index < -0.39 is 40.7 Å². The fourth-order valence-electron chi connectivity index (χ4n) is 4.50. The number of Topliss-reactive ketones (excluding diaryl/α,β-unsaturated/α-hetero) is 1. The number of carbonyl (C=O) groups excluding carboxylic acids is 2. The lowest BCUT2D eigenvalue weighted by atomic mass is 9.90. The van der Waals surface area contributed by atoms with Gasteiger partial charge in [-0.15, -0.1) is 11.3 Å². The van der Waals surface area contributed by atoms with Crippen molar-refractivity contribution in [3.63, 3.8) is 0 Å². The minimum atomic E-state index is -5.12. The maximum atomic E-state index is 14.0. The Hall–Kier alpha value is -3.44. The number of alkyl halides is 6. The second kappa shape index (κ2) is 11.6. The molecule has 212 valence electrons. The molecule has 0 radical (unpaired) electrons. The number of amides is 1. The highest BCUT2D eigenvalue weighted by Crippen LogP contribution is 2.38. The maximum Gasteiger partial charge on any atom is 0.416 e. The van der Waals surface area contributed by atoms with Crippen molar-refractivity contribution in [3.8, 4) is 0 Å². The van der Waals surface area contributed by atoms with Crippen molar-refractivity contribution < 1.29 is 35.9 Å². The molecule has 0 spiro atoms. The van der Waals surface area contributed by atoms with Gasteiger partial charge in [0.25, 0.3) is 5.91 Å². The Balaban J connectivity index is 1.96. The summed E-state index contributed by atoms with van der Waals surface area (Å²) in [5, 5.41) is 4.75. The molecule has 1 N–H and O–H groups in total. The van der Waals surface area contributed by atoms with Crippen molar-refractivity contribution >= 4 is 28.6 Å². The Labute approximate surface area is 231 Å². The van der Waals surface area contributed by atoms with E-state index in [2.05, 4.69) is 5.32 Å². The summed E-state index contributed by atoms with van der Waals surface area (Å²) < 4.78 is 81.6. The van der Waals surface area contributed by atoms with Gasteiger partial charge in [-0.1, -0.05) is 24.3 Å². The van der Waals surface area contributed by atoms with E-state index in [4.69, 9.17) is 0 Å². The summed E-state index contributed by atoms with van der Waals surface area (Å²) in [5.41, 5.74) is -1.56. The highest BCUT2D eigenvalue weighted by atomic mass is 32.1. The van der Waals surface area contributed by atoms with E-state index in [0.717, 1.165) is 22.5 Å². The third-order valence-electron chi connectivity index (χ3n) is 6.76. The number of piperazine rings is 1. The van der Waals surface area contributed by atoms with E-state index in [1.54, 1.807) is 22.4 Å². The summed E-state index contributed by atoms with van der Waals surface area (Å²) in [5.74, 6) is -1.57. The lowest BCUT2D eigenvalue weighted by Crippen LogP contribution is -2.47. The maximum absolute atomic E-state index is 14.0. The molecule has 0 aliphatic carbocycles. The quantitative estimate of drug-likeness (QED) is 0.200. The Morgan fingerprint density at radius 1 is 0.875 bits per heavy atom. The normalized spacial score (nSPS) is 15.2. The Morgan fingerprint density at radius 2 is 1.50 bits per heavy atom. The number of thiophene rings is 1. The fraction of sp³-hybridized carbons (Fsp3) is 0.310. The molecule has 0 unspecified atom stereocenters. The molecule has 1 aromatic heterocycles. The summed E-state index contributed by atoms with van der Waals surface area (Å²) >= 11 is 1.08. The third kappa shape index (κ3) is 6.64. The predicted molar refractivity (Wildman–Crippen MR) is 141 cm³/mol. The number of benzene rings is 2. The molecule has 1 aliphatic rings. The predicted octanol–water partition coefficient (Wildman–Crippen LogP) is 6.71. The van der Waals surface area contributed by atoms with Crippen molar-refractivity contribution in [1.82, 2.24) is 10.2 Å². The Bertz CT molecular complexity index is 1400. The number of ketones is 1. The SMILES string of the molecule is Cc1ccc(CC(C(=O)N2CCNCC2)=C(C(=O)c2cc(C(F)(F)F)cc(C(F)(F)F)c2)c2cccs2)cc1C.